The van der Waals surface area contributed by atoms with E-state index in [0.717, 1.165) is 0 Å². The minimum atomic E-state index is -0.653. The van der Waals surface area contributed by atoms with E-state index in [4.69, 9.17) is 5.73 Å². The first kappa shape index (κ1) is 12.4. The first-order valence-corrected chi connectivity index (χ1v) is 2.54. The van der Waals surface area contributed by atoms with Crippen molar-refractivity contribution in [2.24, 2.45) is 5.73 Å². The molecule has 5 heteroatoms. The summed E-state index contributed by atoms with van der Waals surface area (Å²) in [7, 11) is 2.76. The normalized spacial score (nSPS) is 11.5. The molecular weight excluding hydrogens is 158 g/mol. The van der Waals surface area contributed by atoms with Gasteiger partial charge in [0.25, 0.3) is 0 Å². The van der Waals surface area contributed by atoms with Gasteiger partial charge < -0.3 is 15.2 Å². The summed E-state index contributed by atoms with van der Waals surface area (Å²) in [5.41, 5.74) is 5.24. The second-order valence-electron chi connectivity index (χ2n) is 1.58. The number of hydrogen-bond acceptors (Lipinski definition) is 4. The van der Waals surface area contributed by atoms with Crippen LogP contribution in [0, 0.1) is 0 Å². The van der Waals surface area contributed by atoms with Crippen LogP contribution in [0.1, 0.15) is 0 Å². The molecule has 0 unspecified atom stereocenters. The molecule has 0 spiro atoms. The van der Waals surface area contributed by atoms with Crippen molar-refractivity contribution < 1.29 is 14.3 Å². The minimum absolute atomic E-state index is 0. The summed E-state index contributed by atoms with van der Waals surface area (Å²) in [6.07, 6.45) is 0. The molecule has 0 bridgehead atoms. The number of rotatable bonds is 3. The fraction of sp³-hybridized carbons (Fsp3) is 0.800. The van der Waals surface area contributed by atoms with Crippen LogP contribution in [0.15, 0.2) is 0 Å². The molecule has 0 rings (SSSR count). The third-order valence-electron chi connectivity index (χ3n) is 0.850. The van der Waals surface area contributed by atoms with Crippen molar-refractivity contribution in [2.75, 3.05) is 20.8 Å². The van der Waals surface area contributed by atoms with Crippen molar-refractivity contribution in [1.29, 1.82) is 0 Å². The molecule has 0 saturated carbocycles. The summed E-state index contributed by atoms with van der Waals surface area (Å²) in [6, 6.07) is -0.653. The number of carbonyl (C=O) groups excluding carboxylic acids is 1. The van der Waals surface area contributed by atoms with Crippen LogP contribution >= 0.6 is 12.4 Å². The smallest absolute Gasteiger partial charge is 0.325 e. The Labute approximate surface area is 66.1 Å². The Kier molecular flexibility index (Phi) is 8.40. The quantitative estimate of drug-likeness (QED) is 0.582. The second kappa shape index (κ2) is 6.80. The van der Waals surface area contributed by atoms with Gasteiger partial charge in [0.05, 0.1) is 13.7 Å². The molecule has 0 aliphatic heterocycles. The minimum Gasteiger partial charge on any atom is -0.468 e. The summed E-state index contributed by atoms with van der Waals surface area (Å²) in [5, 5.41) is 0. The van der Waals surface area contributed by atoms with Gasteiger partial charge in [-0.3, -0.25) is 4.79 Å². The van der Waals surface area contributed by atoms with E-state index < -0.39 is 12.0 Å². The molecule has 2 N–H and O–H groups in total. The maximum absolute atomic E-state index is 10.5. The number of ether oxygens (including phenoxy) is 2. The Morgan fingerprint density at radius 1 is 1.60 bits per heavy atom. The highest BCUT2D eigenvalue weighted by Gasteiger charge is 2.11. The molecular formula is C5H12ClNO3. The van der Waals surface area contributed by atoms with Crippen molar-refractivity contribution in [2.45, 2.75) is 6.04 Å². The molecule has 0 radical (unpaired) electrons. The van der Waals surface area contributed by atoms with Gasteiger partial charge in [0, 0.05) is 7.11 Å². The zero-order valence-corrected chi connectivity index (χ0v) is 6.81. The van der Waals surface area contributed by atoms with Crippen molar-refractivity contribution in [3.8, 4) is 0 Å². The van der Waals surface area contributed by atoms with Crippen molar-refractivity contribution in [3.05, 3.63) is 0 Å². The number of carbonyl (C=O) groups is 1. The Balaban J connectivity index is 0. The lowest BCUT2D eigenvalue weighted by atomic mass is 10.3. The van der Waals surface area contributed by atoms with E-state index in [-0.39, 0.29) is 19.0 Å². The monoisotopic (exact) mass is 169 g/mol. The van der Waals surface area contributed by atoms with Gasteiger partial charge in [-0.05, 0) is 0 Å². The zero-order chi connectivity index (χ0) is 7.28. The molecule has 0 aromatic carbocycles. The highest BCUT2D eigenvalue weighted by atomic mass is 35.5. The van der Waals surface area contributed by atoms with Crippen molar-refractivity contribution >= 4 is 18.4 Å². The SMILES string of the molecule is COC[C@@H](N)C(=O)OC.Cl. The van der Waals surface area contributed by atoms with Gasteiger partial charge in [0.1, 0.15) is 6.04 Å². The molecule has 0 saturated heterocycles. The molecule has 0 aromatic rings. The van der Waals surface area contributed by atoms with Crippen LogP contribution in [0.2, 0.25) is 0 Å². The Bertz CT molecular complexity index is 98.9. The predicted molar refractivity (Wildman–Crippen MR) is 39.1 cm³/mol. The maximum Gasteiger partial charge on any atom is 0.325 e. The lowest BCUT2D eigenvalue weighted by Crippen LogP contribution is -2.35. The molecule has 0 aliphatic rings. The van der Waals surface area contributed by atoms with Gasteiger partial charge in [0.15, 0.2) is 0 Å². The van der Waals surface area contributed by atoms with Crippen molar-refractivity contribution in [3.63, 3.8) is 0 Å². The Morgan fingerprint density at radius 2 is 2.10 bits per heavy atom. The highest BCUT2D eigenvalue weighted by molar-refractivity contribution is 5.85. The highest BCUT2D eigenvalue weighted by Crippen LogP contribution is 1.82. The molecule has 0 heterocycles. The average Bonchev–Trinajstić information content (AvgIpc) is 1.87. The van der Waals surface area contributed by atoms with E-state index in [1.807, 2.05) is 0 Å². The van der Waals surface area contributed by atoms with Crippen LogP contribution in [0.4, 0.5) is 0 Å². The topological polar surface area (TPSA) is 61.5 Å². The van der Waals surface area contributed by atoms with E-state index in [0.29, 0.717) is 0 Å². The van der Waals surface area contributed by atoms with Gasteiger partial charge in [-0.15, -0.1) is 12.4 Å². The first-order chi connectivity index (χ1) is 4.22. The predicted octanol–water partition coefficient (Wildman–Crippen LogP) is -0.445. The standard InChI is InChI=1S/C5H11NO3.ClH/c1-8-3-4(6)5(7)9-2;/h4H,3,6H2,1-2H3;1H/t4-;/m1./s1. The van der Waals surface area contributed by atoms with E-state index in [9.17, 15) is 4.79 Å². The van der Waals surface area contributed by atoms with Crippen LogP contribution in [0.3, 0.4) is 0 Å². The number of methoxy groups -OCH3 is 2. The van der Waals surface area contributed by atoms with Crippen LogP contribution in [0.25, 0.3) is 0 Å². The molecule has 10 heavy (non-hydrogen) atoms. The molecule has 62 valence electrons. The summed E-state index contributed by atoms with van der Waals surface area (Å²) in [4.78, 5) is 10.5. The summed E-state index contributed by atoms with van der Waals surface area (Å²) < 4.78 is 8.92. The van der Waals surface area contributed by atoms with Gasteiger partial charge in [-0.1, -0.05) is 0 Å². The molecule has 0 aromatic heterocycles. The fourth-order valence-corrected chi connectivity index (χ4v) is 0.399. The largest absolute Gasteiger partial charge is 0.468 e. The van der Waals surface area contributed by atoms with Gasteiger partial charge in [-0.25, -0.2) is 0 Å². The third-order valence-corrected chi connectivity index (χ3v) is 0.850. The molecule has 4 nitrogen and oxygen atoms in total. The molecule has 0 fully saturated rings. The fourth-order valence-electron chi connectivity index (χ4n) is 0.399. The maximum atomic E-state index is 10.5. The van der Waals surface area contributed by atoms with Gasteiger partial charge >= 0.3 is 5.97 Å². The number of nitrogens with two attached hydrogens (primary N) is 1. The van der Waals surface area contributed by atoms with Crippen molar-refractivity contribution in [1.82, 2.24) is 0 Å². The van der Waals surface area contributed by atoms with Crippen LogP contribution in [-0.4, -0.2) is 32.8 Å². The van der Waals surface area contributed by atoms with E-state index in [2.05, 4.69) is 9.47 Å². The molecule has 0 amide bonds. The number of halogens is 1. The van der Waals surface area contributed by atoms with Crippen LogP contribution in [0.5, 0.6) is 0 Å². The summed E-state index contributed by atoms with van der Waals surface area (Å²) >= 11 is 0. The summed E-state index contributed by atoms with van der Waals surface area (Å²) in [6.45, 7) is 0.201. The third kappa shape index (κ3) is 4.55. The molecule has 1 atom stereocenters. The van der Waals surface area contributed by atoms with Crippen LogP contribution in [-0.2, 0) is 14.3 Å². The van der Waals surface area contributed by atoms with Gasteiger partial charge in [0.2, 0.25) is 0 Å². The first-order valence-electron chi connectivity index (χ1n) is 2.54. The van der Waals surface area contributed by atoms with E-state index in [1.54, 1.807) is 0 Å². The number of esters is 1. The zero-order valence-electron chi connectivity index (χ0n) is 5.99. The van der Waals surface area contributed by atoms with E-state index in [1.165, 1.54) is 14.2 Å². The van der Waals surface area contributed by atoms with Crippen LogP contribution < -0.4 is 5.73 Å². The Hall–Kier alpha value is -0.320. The average molecular weight is 170 g/mol. The van der Waals surface area contributed by atoms with Gasteiger partial charge in [-0.2, -0.15) is 0 Å². The number of hydrogen-bond donors (Lipinski definition) is 1. The Morgan fingerprint density at radius 3 is 2.40 bits per heavy atom. The second-order valence-corrected chi connectivity index (χ2v) is 1.58. The lowest BCUT2D eigenvalue weighted by molar-refractivity contribution is -0.143. The van der Waals surface area contributed by atoms with E-state index >= 15 is 0 Å². The summed E-state index contributed by atoms with van der Waals surface area (Å²) in [5.74, 6) is -0.447. The molecule has 0 aliphatic carbocycles. The lowest BCUT2D eigenvalue weighted by Gasteiger charge is -2.05.